The van der Waals surface area contributed by atoms with E-state index in [4.69, 9.17) is 0 Å². The molecule has 0 radical (unpaired) electrons. The molecule has 1 heterocycles. The van der Waals surface area contributed by atoms with Crippen LogP contribution in [0.5, 0.6) is 0 Å². The van der Waals surface area contributed by atoms with Crippen molar-refractivity contribution in [1.29, 1.82) is 0 Å². The van der Waals surface area contributed by atoms with Gasteiger partial charge in [0.15, 0.2) is 0 Å². The van der Waals surface area contributed by atoms with Crippen LogP contribution in [0.1, 0.15) is 0 Å². The lowest BCUT2D eigenvalue weighted by atomic mass is 10.1. The van der Waals surface area contributed by atoms with Crippen molar-refractivity contribution in [2.24, 2.45) is 0 Å². The van der Waals surface area contributed by atoms with Gasteiger partial charge in [0.25, 0.3) is 10.0 Å². The van der Waals surface area contributed by atoms with Crippen molar-refractivity contribution >= 4 is 44.6 Å². The van der Waals surface area contributed by atoms with Crippen LogP contribution in [0.2, 0.25) is 0 Å². The summed E-state index contributed by atoms with van der Waals surface area (Å²) in [5.41, 5.74) is 1.36. The molecule has 8 heteroatoms. The fraction of sp³-hybridized carbons (Fsp3) is 0.200. The van der Waals surface area contributed by atoms with E-state index in [-0.39, 0.29) is 17.3 Å². The quantitative estimate of drug-likeness (QED) is 0.675. The molecule has 28 heavy (non-hydrogen) atoms. The normalized spacial score (nSPS) is 14.5. The molecule has 4 rings (SSSR count). The second-order valence-corrected chi connectivity index (χ2v) is 8.13. The van der Waals surface area contributed by atoms with E-state index in [2.05, 4.69) is 14.9 Å². The number of nitrogens with one attached hydrogen (secondary N) is 2. The lowest BCUT2D eigenvalue weighted by Crippen LogP contribution is -2.43. The number of anilines is 2. The Morgan fingerprint density at radius 2 is 1.54 bits per heavy atom. The van der Waals surface area contributed by atoms with Gasteiger partial charge in [-0.25, -0.2) is 12.8 Å². The summed E-state index contributed by atoms with van der Waals surface area (Å²) in [6.07, 6.45) is 0. The van der Waals surface area contributed by atoms with E-state index in [9.17, 15) is 12.8 Å². The Labute approximate surface area is 170 Å². The van der Waals surface area contributed by atoms with Crippen LogP contribution >= 0.6 is 12.4 Å². The lowest BCUT2D eigenvalue weighted by Gasteiger charge is -2.30. The third kappa shape index (κ3) is 4.06. The molecular weight excluding hydrogens is 401 g/mol. The fourth-order valence-corrected chi connectivity index (χ4v) is 4.67. The van der Waals surface area contributed by atoms with Gasteiger partial charge in [-0.05, 0) is 36.4 Å². The van der Waals surface area contributed by atoms with Crippen molar-refractivity contribution in [2.75, 3.05) is 35.8 Å². The molecule has 0 atom stereocenters. The number of halogens is 2. The molecule has 0 saturated carbocycles. The molecule has 5 nitrogen and oxygen atoms in total. The Morgan fingerprint density at radius 3 is 2.21 bits per heavy atom. The third-order valence-electron chi connectivity index (χ3n) is 4.70. The van der Waals surface area contributed by atoms with Gasteiger partial charge < -0.3 is 10.2 Å². The summed E-state index contributed by atoms with van der Waals surface area (Å²) < 4.78 is 41.5. The minimum absolute atomic E-state index is 0. The Bertz CT molecular complexity index is 1070. The summed E-state index contributed by atoms with van der Waals surface area (Å²) in [5.74, 6) is -0.413. The number of piperazine rings is 1. The smallest absolute Gasteiger partial charge is 0.262 e. The van der Waals surface area contributed by atoms with Crippen LogP contribution in [0, 0.1) is 5.82 Å². The van der Waals surface area contributed by atoms with Crippen molar-refractivity contribution in [3.05, 3.63) is 66.5 Å². The second-order valence-electron chi connectivity index (χ2n) is 6.48. The summed E-state index contributed by atoms with van der Waals surface area (Å²) in [4.78, 5) is 2.48. The molecule has 1 saturated heterocycles. The highest BCUT2D eigenvalue weighted by atomic mass is 35.5. The zero-order valence-corrected chi connectivity index (χ0v) is 16.7. The van der Waals surface area contributed by atoms with E-state index in [1.165, 1.54) is 24.3 Å². The molecule has 0 spiro atoms. The van der Waals surface area contributed by atoms with Gasteiger partial charge in [0.05, 0.1) is 4.90 Å². The number of fused-ring (bicyclic) bond motifs is 1. The predicted molar refractivity (Wildman–Crippen MR) is 113 cm³/mol. The zero-order chi connectivity index (χ0) is 18.9. The van der Waals surface area contributed by atoms with Crippen LogP contribution in [0.15, 0.2) is 65.6 Å². The average molecular weight is 422 g/mol. The SMILES string of the molecule is Cl.O=S(=O)(Nc1ccc(F)cc1)c1ccc(N2CCNCC2)c2ccccc12. The number of sulfonamides is 1. The molecule has 1 aliphatic heterocycles. The number of hydrogen-bond acceptors (Lipinski definition) is 4. The van der Waals surface area contributed by atoms with Gasteiger partial charge in [-0.15, -0.1) is 12.4 Å². The Balaban J connectivity index is 0.00000225. The van der Waals surface area contributed by atoms with Gasteiger partial charge >= 0.3 is 0 Å². The number of rotatable bonds is 4. The molecule has 0 unspecified atom stereocenters. The van der Waals surface area contributed by atoms with Gasteiger partial charge in [-0.3, -0.25) is 4.72 Å². The van der Waals surface area contributed by atoms with Crippen molar-refractivity contribution in [3.8, 4) is 0 Å². The maximum Gasteiger partial charge on any atom is 0.262 e. The molecule has 0 bridgehead atoms. The van der Waals surface area contributed by atoms with Crippen molar-refractivity contribution in [3.63, 3.8) is 0 Å². The fourth-order valence-electron chi connectivity index (χ4n) is 3.40. The van der Waals surface area contributed by atoms with Gasteiger partial charge in [0.1, 0.15) is 5.82 Å². The van der Waals surface area contributed by atoms with Gasteiger partial charge in [-0.1, -0.05) is 24.3 Å². The molecule has 3 aromatic rings. The standard InChI is InChI=1S/C20H20FN3O2S.ClH/c21-15-5-7-16(8-6-15)23-27(25,26)20-10-9-19(24-13-11-22-12-14-24)17-3-1-2-4-18(17)20;/h1-10,22-23H,11-14H2;1H. The predicted octanol–water partition coefficient (Wildman–Crippen LogP) is 3.61. The number of hydrogen-bond donors (Lipinski definition) is 2. The minimum Gasteiger partial charge on any atom is -0.368 e. The first-order valence-corrected chi connectivity index (χ1v) is 10.3. The summed E-state index contributed by atoms with van der Waals surface area (Å²) >= 11 is 0. The van der Waals surface area contributed by atoms with Crippen LogP contribution < -0.4 is 14.9 Å². The average Bonchev–Trinajstić information content (AvgIpc) is 2.69. The van der Waals surface area contributed by atoms with E-state index in [0.29, 0.717) is 11.1 Å². The first kappa shape index (κ1) is 20.4. The molecule has 148 valence electrons. The van der Waals surface area contributed by atoms with E-state index in [0.717, 1.165) is 37.3 Å². The number of nitrogens with zero attached hydrogens (tertiary/aromatic N) is 1. The van der Waals surface area contributed by atoms with Crippen LogP contribution in [-0.4, -0.2) is 34.6 Å². The van der Waals surface area contributed by atoms with Crippen molar-refractivity contribution < 1.29 is 12.8 Å². The Kier molecular flexibility index (Phi) is 6.07. The van der Waals surface area contributed by atoms with Crippen LogP contribution in [0.25, 0.3) is 10.8 Å². The topological polar surface area (TPSA) is 61.4 Å². The van der Waals surface area contributed by atoms with Gasteiger partial charge in [-0.2, -0.15) is 0 Å². The highest BCUT2D eigenvalue weighted by Crippen LogP contribution is 2.32. The molecule has 2 N–H and O–H groups in total. The lowest BCUT2D eigenvalue weighted by molar-refractivity contribution is 0.590. The van der Waals surface area contributed by atoms with Crippen LogP contribution in [-0.2, 0) is 10.0 Å². The second kappa shape index (κ2) is 8.34. The van der Waals surface area contributed by atoms with Gasteiger partial charge in [0, 0.05) is 48.3 Å². The molecule has 1 fully saturated rings. The Hall–Kier alpha value is -2.35. The largest absolute Gasteiger partial charge is 0.368 e. The molecule has 3 aromatic carbocycles. The van der Waals surface area contributed by atoms with Crippen LogP contribution in [0.4, 0.5) is 15.8 Å². The third-order valence-corrected chi connectivity index (χ3v) is 6.14. The summed E-state index contributed by atoms with van der Waals surface area (Å²) in [5, 5.41) is 4.90. The van der Waals surface area contributed by atoms with Crippen molar-refractivity contribution in [1.82, 2.24) is 5.32 Å². The molecule has 0 aliphatic carbocycles. The molecule has 0 aromatic heterocycles. The minimum atomic E-state index is -3.80. The Morgan fingerprint density at radius 1 is 0.893 bits per heavy atom. The summed E-state index contributed by atoms with van der Waals surface area (Å²) in [7, 11) is -3.80. The highest BCUT2D eigenvalue weighted by Gasteiger charge is 2.21. The van der Waals surface area contributed by atoms with E-state index < -0.39 is 15.8 Å². The monoisotopic (exact) mass is 421 g/mol. The first-order chi connectivity index (χ1) is 13.0. The van der Waals surface area contributed by atoms with E-state index in [1.807, 2.05) is 30.3 Å². The summed E-state index contributed by atoms with van der Waals surface area (Å²) in [6.45, 7) is 3.56. The molecular formula is C20H21ClFN3O2S. The van der Waals surface area contributed by atoms with Crippen LogP contribution in [0.3, 0.4) is 0 Å². The van der Waals surface area contributed by atoms with E-state index >= 15 is 0 Å². The highest BCUT2D eigenvalue weighted by molar-refractivity contribution is 7.93. The summed E-state index contributed by atoms with van der Waals surface area (Å²) in [6, 6.07) is 16.3. The molecule has 1 aliphatic rings. The van der Waals surface area contributed by atoms with E-state index in [1.54, 1.807) is 6.07 Å². The maximum absolute atomic E-state index is 13.1. The number of benzene rings is 3. The zero-order valence-electron chi connectivity index (χ0n) is 15.1. The van der Waals surface area contributed by atoms with Crippen molar-refractivity contribution in [2.45, 2.75) is 4.90 Å². The first-order valence-electron chi connectivity index (χ1n) is 8.80. The molecule has 0 amide bonds. The maximum atomic E-state index is 13.1. The van der Waals surface area contributed by atoms with Gasteiger partial charge in [0.2, 0.25) is 0 Å².